The second-order valence-electron chi connectivity index (χ2n) is 3.88. The van der Waals surface area contributed by atoms with Crippen LogP contribution in [0, 0.1) is 6.92 Å². The fourth-order valence-electron chi connectivity index (χ4n) is 1.71. The van der Waals surface area contributed by atoms with Crippen LogP contribution in [0.1, 0.15) is 21.5 Å². The Balaban J connectivity index is 2.48. The van der Waals surface area contributed by atoms with Crippen molar-refractivity contribution in [1.29, 1.82) is 0 Å². The number of nitrogens with two attached hydrogens (primary N) is 1. The maximum Gasteiger partial charge on any atom is 0.195 e. The van der Waals surface area contributed by atoms with E-state index in [2.05, 4.69) is 15.9 Å². The number of anilines is 1. The lowest BCUT2D eigenvalue weighted by Crippen LogP contribution is -2.06. The Morgan fingerprint density at radius 3 is 2.47 bits per heavy atom. The average molecular weight is 290 g/mol. The van der Waals surface area contributed by atoms with Gasteiger partial charge in [-0.05, 0) is 30.7 Å². The molecule has 0 amide bonds. The van der Waals surface area contributed by atoms with Crippen LogP contribution in [-0.4, -0.2) is 5.78 Å². The van der Waals surface area contributed by atoms with Crippen LogP contribution < -0.4 is 5.73 Å². The van der Waals surface area contributed by atoms with Gasteiger partial charge < -0.3 is 5.73 Å². The van der Waals surface area contributed by atoms with E-state index in [1.54, 1.807) is 12.1 Å². The molecule has 3 heteroatoms. The van der Waals surface area contributed by atoms with Crippen molar-refractivity contribution in [2.75, 3.05) is 5.73 Å². The SMILES string of the molecule is Cc1ccccc1C(=O)c1ccc(Br)cc1N. The number of rotatable bonds is 2. The molecular weight excluding hydrogens is 278 g/mol. The molecule has 0 aliphatic heterocycles. The number of carbonyl (C=O) groups excluding carboxylic acids is 1. The second kappa shape index (κ2) is 4.72. The molecule has 2 rings (SSSR count). The number of aryl methyl sites for hydroxylation is 1. The Hall–Kier alpha value is -1.61. The molecule has 17 heavy (non-hydrogen) atoms. The van der Waals surface area contributed by atoms with Crippen LogP contribution >= 0.6 is 15.9 Å². The molecule has 0 saturated heterocycles. The zero-order valence-electron chi connectivity index (χ0n) is 9.41. The molecule has 0 unspecified atom stereocenters. The number of ketones is 1. The van der Waals surface area contributed by atoms with E-state index in [1.807, 2.05) is 37.3 Å². The predicted molar refractivity (Wildman–Crippen MR) is 73.2 cm³/mol. The Labute approximate surface area is 109 Å². The number of nitrogen functional groups attached to an aromatic ring is 1. The van der Waals surface area contributed by atoms with Gasteiger partial charge in [-0.3, -0.25) is 4.79 Å². The van der Waals surface area contributed by atoms with E-state index in [-0.39, 0.29) is 5.78 Å². The van der Waals surface area contributed by atoms with Crippen LogP contribution in [0.5, 0.6) is 0 Å². The molecule has 0 atom stereocenters. The van der Waals surface area contributed by atoms with Gasteiger partial charge in [0.2, 0.25) is 0 Å². The van der Waals surface area contributed by atoms with Crippen molar-refractivity contribution >= 4 is 27.4 Å². The first-order valence-corrected chi connectivity index (χ1v) is 6.04. The normalized spacial score (nSPS) is 10.2. The fraction of sp³-hybridized carbons (Fsp3) is 0.0714. The minimum absolute atomic E-state index is 0.0342. The molecule has 86 valence electrons. The predicted octanol–water partition coefficient (Wildman–Crippen LogP) is 3.57. The van der Waals surface area contributed by atoms with E-state index in [0.29, 0.717) is 16.8 Å². The maximum atomic E-state index is 12.3. The van der Waals surface area contributed by atoms with Gasteiger partial charge in [0, 0.05) is 21.3 Å². The van der Waals surface area contributed by atoms with Crippen LogP contribution in [0.4, 0.5) is 5.69 Å². The summed E-state index contributed by atoms with van der Waals surface area (Å²) >= 11 is 3.32. The molecule has 0 aliphatic rings. The van der Waals surface area contributed by atoms with Crippen LogP contribution in [-0.2, 0) is 0 Å². The Morgan fingerprint density at radius 1 is 1.12 bits per heavy atom. The highest BCUT2D eigenvalue weighted by Crippen LogP contribution is 2.22. The molecule has 0 bridgehead atoms. The molecule has 0 saturated carbocycles. The van der Waals surface area contributed by atoms with E-state index in [1.165, 1.54) is 0 Å². The van der Waals surface area contributed by atoms with E-state index in [0.717, 1.165) is 10.0 Å². The molecule has 0 heterocycles. The molecular formula is C14H12BrNO. The quantitative estimate of drug-likeness (QED) is 0.678. The van der Waals surface area contributed by atoms with E-state index in [4.69, 9.17) is 5.73 Å². The van der Waals surface area contributed by atoms with Gasteiger partial charge >= 0.3 is 0 Å². The topological polar surface area (TPSA) is 43.1 Å². The largest absolute Gasteiger partial charge is 0.398 e. The number of halogens is 1. The molecule has 2 N–H and O–H groups in total. The fourth-order valence-corrected chi connectivity index (χ4v) is 2.09. The van der Waals surface area contributed by atoms with Gasteiger partial charge in [-0.25, -0.2) is 0 Å². The molecule has 0 fully saturated rings. The van der Waals surface area contributed by atoms with Gasteiger partial charge in [0.05, 0.1) is 0 Å². The zero-order valence-corrected chi connectivity index (χ0v) is 11.0. The number of benzene rings is 2. The highest BCUT2D eigenvalue weighted by atomic mass is 79.9. The first kappa shape index (κ1) is 11.9. The maximum absolute atomic E-state index is 12.3. The first-order chi connectivity index (χ1) is 8.09. The molecule has 2 aromatic carbocycles. The van der Waals surface area contributed by atoms with Crippen molar-refractivity contribution in [3.63, 3.8) is 0 Å². The summed E-state index contributed by atoms with van der Waals surface area (Å²) in [6.45, 7) is 1.92. The van der Waals surface area contributed by atoms with Gasteiger partial charge in [-0.1, -0.05) is 40.2 Å². The van der Waals surface area contributed by atoms with E-state index >= 15 is 0 Å². The van der Waals surface area contributed by atoms with E-state index < -0.39 is 0 Å². The smallest absolute Gasteiger partial charge is 0.195 e. The monoisotopic (exact) mass is 289 g/mol. The van der Waals surface area contributed by atoms with Crippen LogP contribution in [0.2, 0.25) is 0 Å². The third kappa shape index (κ3) is 2.39. The summed E-state index contributed by atoms with van der Waals surface area (Å²) in [4.78, 5) is 12.3. The third-order valence-corrected chi connectivity index (χ3v) is 3.14. The van der Waals surface area contributed by atoms with Crippen molar-refractivity contribution in [3.05, 3.63) is 63.6 Å². The lowest BCUT2D eigenvalue weighted by atomic mass is 9.98. The van der Waals surface area contributed by atoms with Crippen LogP contribution in [0.25, 0.3) is 0 Å². The van der Waals surface area contributed by atoms with Crippen molar-refractivity contribution < 1.29 is 4.79 Å². The third-order valence-electron chi connectivity index (χ3n) is 2.65. The summed E-state index contributed by atoms with van der Waals surface area (Å²) in [6.07, 6.45) is 0. The van der Waals surface area contributed by atoms with Gasteiger partial charge in [-0.15, -0.1) is 0 Å². The van der Waals surface area contributed by atoms with Crippen molar-refractivity contribution in [2.45, 2.75) is 6.92 Å². The summed E-state index contributed by atoms with van der Waals surface area (Å²) in [7, 11) is 0. The molecule has 0 radical (unpaired) electrons. The van der Waals surface area contributed by atoms with Crippen LogP contribution in [0.15, 0.2) is 46.9 Å². The highest BCUT2D eigenvalue weighted by molar-refractivity contribution is 9.10. The van der Waals surface area contributed by atoms with Crippen molar-refractivity contribution in [2.24, 2.45) is 0 Å². The van der Waals surface area contributed by atoms with Gasteiger partial charge in [0.15, 0.2) is 5.78 Å². The summed E-state index contributed by atoms with van der Waals surface area (Å²) in [6, 6.07) is 12.8. The highest BCUT2D eigenvalue weighted by Gasteiger charge is 2.13. The zero-order chi connectivity index (χ0) is 12.4. The number of carbonyl (C=O) groups is 1. The molecule has 2 nitrogen and oxygen atoms in total. The second-order valence-corrected chi connectivity index (χ2v) is 4.79. The minimum atomic E-state index is -0.0342. The lowest BCUT2D eigenvalue weighted by molar-refractivity contribution is 0.103. The Kier molecular flexibility index (Phi) is 3.29. The minimum Gasteiger partial charge on any atom is -0.398 e. The number of hydrogen-bond acceptors (Lipinski definition) is 2. The summed E-state index contributed by atoms with van der Waals surface area (Å²) in [5, 5.41) is 0. The van der Waals surface area contributed by atoms with Gasteiger partial charge in [0.1, 0.15) is 0 Å². The lowest BCUT2D eigenvalue weighted by Gasteiger charge is -2.07. The summed E-state index contributed by atoms with van der Waals surface area (Å²) in [5.74, 6) is -0.0342. The molecule has 0 aliphatic carbocycles. The average Bonchev–Trinajstić information content (AvgIpc) is 2.29. The summed E-state index contributed by atoms with van der Waals surface area (Å²) < 4.78 is 0.872. The molecule has 2 aromatic rings. The number of hydrogen-bond donors (Lipinski definition) is 1. The van der Waals surface area contributed by atoms with E-state index in [9.17, 15) is 4.79 Å². The van der Waals surface area contributed by atoms with Crippen molar-refractivity contribution in [3.8, 4) is 0 Å². The Morgan fingerprint density at radius 2 is 1.82 bits per heavy atom. The Bertz CT molecular complexity index is 578. The van der Waals surface area contributed by atoms with Crippen molar-refractivity contribution in [1.82, 2.24) is 0 Å². The molecule has 0 spiro atoms. The standard InChI is InChI=1S/C14H12BrNO/c1-9-4-2-3-5-11(9)14(17)12-7-6-10(15)8-13(12)16/h2-8H,16H2,1H3. The first-order valence-electron chi connectivity index (χ1n) is 5.25. The van der Waals surface area contributed by atoms with Gasteiger partial charge in [-0.2, -0.15) is 0 Å². The summed E-state index contributed by atoms with van der Waals surface area (Å²) in [5.41, 5.74) is 8.55. The molecule has 0 aromatic heterocycles. The van der Waals surface area contributed by atoms with Gasteiger partial charge in [0.25, 0.3) is 0 Å². The van der Waals surface area contributed by atoms with Crippen LogP contribution in [0.3, 0.4) is 0 Å².